The average molecular weight is 328 g/mol. The molecular weight excluding hydrogens is 310 g/mol. The Kier molecular flexibility index (Phi) is 4.47. The van der Waals surface area contributed by atoms with Crippen LogP contribution in [0.2, 0.25) is 0 Å². The molecule has 0 bridgehead atoms. The molecule has 1 aliphatic rings. The van der Waals surface area contributed by atoms with Crippen molar-refractivity contribution in [3.8, 4) is 5.75 Å². The first kappa shape index (κ1) is 14.3. The van der Waals surface area contributed by atoms with Gasteiger partial charge in [0.05, 0.1) is 18.0 Å². The van der Waals surface area contributed by atoms with E-state index in [1.54, 1.807) is 7.11 Å². The number of carboxylic acid groups (broad SMARTS) is 1. The van der Waals surface area contributed by atoms with Crippen LogP contribution in [0.25, 0.3) is 0 Å². The van der Waals surface area contributed by atoms with Gasteiger partial charge in [-0.2, -0.15) is 0 Å². The zero-order valence-electron chi connectivity index (χ0n) is 10.9. The molecule has 1 aromatic rings. The normalized spacial score (nSPS) is 15.7. The molecule has 2 rings (SSSR count). The van der Waals surface area contributed by atoms with Crippen LogP contribution < -0.4 is 10.5 Å². The zero-order chi connectivity index (χ0) is 14.0. The molecule has 1 atom stereocenters. The van der Waals surface area contributed by atoms with E-state index in [1.165, 1.54) is 24.0 Å². The van der Waals surface area contributed by atoms with Gasteiger partial charge in [-0.25, -0.2) is 0 Å². The topological polar surface area (TPSA) is 72.5 Å². The highest BCUT2D eigenvalue weighted by molar-refractivity contribution is 9.10. The van der Waals surface area contributed by atoms with Gasteiger partial charge in [-0.3, -0.25) is 4.79 Å². The number of halogens is 1. The number of ether oxygens (including phenoxy) is 1. The minimum atomic E-state index is -0.900. The van der Waals surface area contributed by atoms with Crippen molar-refractivity contribution < 1.29 is 14.6 Å². The van der Waals surface area contributed by atoms with Gasteiger partial charge in [-0.05, 0) is 52.7 Å². The molecule has 1 aliphatic carbocycles. The molecule has 0 aromatic heterocycles. The highest BCUT2D eigenvalue weighted by Gasteiger charge is 2.23. The first-order valence-corrected chi connectivity index (χ1v) is 7.19. The molecule has 0 aliphatic heterocycles. The van der Waals surface area contributed by atoms with Crippen LogP contribution >= 0.6 is 15.9 Å². The summed E-state index contributed by atoms with van der Waals surface area (Å²) in [6, 6.07) is 1.47. The number of nitrogens with two attached hydrogens (primary N) is 1. The molecule has 0 amide bonds. The van der Waals surface area contributed by atoms with Crippen LogP contribution in [0, 0.1) is 0 Å². The molecule has 0 spiro atoms. The monoisotopic (exact) mass is 327 g/mol. The summed E-state index contributed by atoms with van der Waals surface area (Å²) in [5, 5.41) is 8.88. The van der Waals surface area contributed by atoms with E-state index >= 15 is 0 Å². The Hall–Kier alpha value is -1.07. The number of aryl methyl sites for hydroxylation is 1. The third kappa shape index (κ3) is 2.92. The maximum absolute atomic E-state index is 10.8. The molecule has 104 valence electrons. The molecule has 19 heavy (non-hydrogen) atoms. The van der Waals surface area contributed by atoms with Crippen molar-refractivity contribution in [3.05, 3.63) is 27.2 Å². The Bertz CT molecular complexity index is 502. The summed E-state index contributed by atoms with van der Waals surface area (Å²) in [4.78, 5) is 10.8. The average Bonchev–Trinajstić information content (AvgIpc) is 2.38. The van der Waals surface area contributed by atoms with Crippen molar-refractivity contribution in [2.75, 3.05) is 7.11 Å². The highest BCUT2D eigenvalue weighted by atomic mass is 79.9. The number of carbonyl (C=O) groups is 1. The summed E-state index contributed by atoms with van der Waals surface area (Å²) in [7, 11) is 1.59. The van der Waals surface area contributed by atoms with E-state index in [9.17, 15) is 4.79 Å². The van der Waals surface area contributed by atoms with Gasteiger partial charge in [0.2, 0.25) is 0 Å². The third-order valence-electron chi connectivity index (χ3n) is 3.56. The van der Waals surface area contributed by atoms with Crippen molar-refractivity contribution in [1.82, 2.24) is 0 Å². The van der Waals surface area contributed by atoms with Crippen molar-refractivity contribution in [3.63, 3.8) is 0 Å². The van der Waals surface area contributed by atoms with E-state index in [4.69, 9.17) is 15.6 Å². The zero-order valence-corrected chi connectivity index (χ0v) is 12.5. The van der Waals surface area contributed by atoms with Crippen molar-refractivity contribution in [2.45, 2.75) is 38.1 Å². The fourth-order valence-corrected chi connectivity index (χ4v) is 3.48. The number of hydrogen-bond acceptors (Lipinski definition) is 3. The van der Waals surface area contributed by atoms with Gasteiger partial charge in [-0.15, -0.1) is 0 Å². The Morgan fingerprint density at radius 2 is 2.21 bits per heavy atom. The Balaban J connectivity index is 2.47. The lowest BCUT2D eigenvalue weighted by Gasteiger charge is -2.23. The molecular formula is C14H18BrNO3. The second-order valence-corrected chi connectivity index (χ2v) is 5.66. The fraction of sp³-hybridized carbons (Fsp3) is 0.500. The molecule has 0 radical (unpaired) electrons. The number of methoxy groups -OCH3 is 1. The lowest BCUT2D eigenvalue weighted by Crippen LogP contribution is -2.18. The molecule has 0 saturated heterocycles. The number of aliphatic carboxylic acids is 1. The van der Waals surface area contributed by atoms with Gasteiger partial charge in [0.1, 0.15) is 5.75 Å². The van der Waals surface area contributed by atoms with Crippen LogP contribution in [-0.2, 0) is 17.6 Å². The minimum Gasteiger partial charge on any atom is -0.495 e. The SMILES string of the molecule is COc1c(C(N)CC(=O)O)cc2c(c1Br)CCCC2. The summed E-state index contributed by atoms with van der Waals surface area (Å²) in [5.74, 6) is -0.224. The van der Waals surface area contributed by atoms with Crippen molar-refractivity contribution >= 4 is 21.9 Å². The van der Waals surface area contributed by atoms with Gasteiger partial charge in [0.15, 0.2) is 0 Å². The summed E-state index contributed by atoms with van der Waals surface area (Å²) in [6.07, 6.45) is 4.29. The van der Waals surface area contributed by atoms with Gasteiger partial charge in [-0.1, -0.05) is 6.07 Å². The summed E-state index contributed by atoms with van der Waals surface area (Å²) < 4.78 is 6.36. The second kappa shape index (κ2) is 5.92. The first-order valence-electron chi connectivity index (χ1n) is 6.40. The Labute approximate surface area is 121 Å². The van der Waals surface area contributed by atoms with E-state index in [1.807, 2.05) is 6.07 Å². The number of benzene rings is 1. The molecule has 0 heterocycles. The van der Waals surface area contributed by atoms with E-state index in [-0.39, 0.29) is 6.42 Å². The van der Waals surface area contributed by atoms with Crippen molar-refractivity contribution in [2.24, 2.45) is 5.73 Å². The smallest absolute Gasteiger partial charge is 0.305 e. The van der Waals surface area contributed by atoms with Crippen molar-refractivity contribution in [1.29, 1.82) is 0 Å². The third-order valence-corrected chi connectivity index (χ3v) is 4.40. The number of carboxylic acids is 1. The van der Waals surface area contributed by atoms with E-state index < -0.39 is 12.0 Å². The molecule has 3 N–H and O–H groups in total. The van der Waals surface area contributed by atoms with Crippen LogP contribution in [0.4, 0.5) is 0 Å². The van der Waals surface area contributed by atoms with Crippen LogP contribution in [0.15, 0.2) is 10.5 Å². The van der Waals surface area contributed by atoms with Crippen LogP contribution in [-0.4, -0.2) is 18.2 Å². The van der Waals surface area contributed by atoms with Crippen LogP contribution in [0.3, 0.4) is 0 Å². The molecule has 0 saturated carbocycles. The molecule has 4 nitrogen and oxygen atoms in total. The summed E-state index contributed by atoms with van der Waals surface area (Å²) in [6.45, 7) is 0. The Morgan fingerprint density at radius 1 is 1.53 bits per heavy atom. The maximum Gasteiger partial charge on any atom is 0.305 e. The van der Waals surface area contributed by atoms with Crippen LogP contribution in [0.1, 0.15) is 42.0 Å². The van der Waals surface area contributed by atoms with Gasteiger partial charge in [0, 0.05) is 11.6 Å². The quantitative estimate of drug-likeness (QED) is 0.891. The summed E-state index contributed by atoms with van der Waals surface area (Å²) >= 11 is 3.58. The van der Waals surface area contributed by atoms with Gasteiger partial charge in [0.25, 0.3) is 0 Å². The number of rotatable bonds is 4. The van der Waals surface area contributed by atoms with Gasteiger partial charge < -0.3 is 15.6 Å². The van der Waals surface area contributed by atoms with E-state index in [0.29, 0.717) is 5.75 Å². The van der Waals surface area contributed by atoms with E-state index in [2.05, 4.69) is 15.9 Å². The predicted molar refractivity (Wildman–Crippen MR) is 76.5 cm³/mol. The predicted octanol–water partition coefficient (Wildman–Crippen LogP) is 2.81. The maximum atomic E-state index is 10.8. The fourth-order valence-electron chi connectivity index (χ4n) is 2.64. The lowest BCUT2D eigenvalue weighted by atomic mass is 9.88. The first-order chi connectivity index (χ1) is 9.04. The van der Waals surface area contributed by atoms with Crippen LogP contribution in [0.5, 0.6) is 5.75 Å². The highest BCUT2D eigenvalue weighted by Crippen LogP contribution is 2.40. The largest absolute Gasteiger partial charge is 0.495 e. The molecule has 1 unspecified atom stereocenters. The standard InChI is InChI=1S/C14H18BrNO3/c1-19-14-10(11(16)7-12(17)18)6-8-4-2-3-5-9(8)13(14)15/h6,11H,2-5,7,16H2,1H3,(H,17,18). The van der Waals surface area contributed by atoms with E-state index in [0.717, 1.165) is 22.9 Å². The minimum absolute atomic E-state index is 0.0956. The molecule has 5 heteroatoms. The summed E-state index contributed by atoms with van der Waals surface area (Å²) in [5.41, 5.74) is 9.30. The molecule has 1 aromatic carbocycles. The lowest BCUT2D eigenvalue weighted by molar-refractivity contribution is -0.137. The Morgan fingerprint density at radius 3 is 2.84 bits per heavy atom. The number of hydrogen-bond donors (Lipinski definition) is 2. The molecule has 0 fully saturated rings. The second-order valence-electron chi connectivity index (χ2n) is 4.86. The van der Waals surface area contributed by atoms with Gasteiger partial charge >= 0.3 is 5.97 Å². The number of fused-ring (bicyclic) bond motifs is 1.